The highest BCUT2D eigenvalue weighted by Gasteiger charge is 2.44. The molecule has 33 heavy (non-hydrogen) atoms. The fourth-order valence-corrected chi connectivity index (χ4v) is 4.76. The number of rotatable bonds is 20. The van der Waals surface area contributed by atoms with Crippen molar-refractivity contribution in [2.24, 2.45) is 0 Å². The summed E-state index contributed by atoms with van der Waals surface area (Å²) < 4.78 is 30.5. The van der Waals surface area contributed by atoms with Crippen molar-refractivity contribution < 1.29 is 33.9 Å². The van der Waals surface area contributed by atoms with E-state index in [1.165, 1.54) is 38.5 Å². The quantitative estimate of drug-likeness (QED) is 0.258. The molecule has 0 aromatic carbocycles. The van der Waals surface area contributed by atoms with Gasteiger partial charge in [-0.15, -0.1) is 0 Å². The van der Waals surface area contributed by atoms with E-state index in [-0.39, 0.29) is 25.4 Å². The summed E-state index contributed by atoms with van der Waals surface area (Å²) in [6, 6.07) is 0. The first-order valence-corrected chi connectivity index (χ1v) is 13.4. The second-order valence-electron chi connectivity index (χ2n) is 10.0. The maximum absolute atomic E-state index is 9.57. The van der Waals surface area contributed by atoms with Crippen molar-refractivity contribution in [2.45, 2.75) is 114 Å². The van der Waals surface area contributed by atoms with Crippen molar-refractivity contribution in [2.75, 3.05) is 52.9 Å². The minimum Gasteiger partial charge on any atom is -0.394 e. The lowest BCUT2D eigenvalue weighted by atomic mass is 10.00. The second kappa shape index (κ2) is 16.4. The molecule has 2 saturated heterocycles. The summed E-state index contributed by atoms with van der Waals surface area (Å²) in [6.45, 7) is 7.69. The molecular formula is C26H50O7. The maximum atomic E-state index is 9.57. The average Bonchev–Trinajstić information content (AvgIpc) is 3.43. The minimum absolute atomic E-state index is 0.0232. The van der Waals surface area contributed by atoms with E-state index in [2.05, 4.69) is 13.8 Å². The Labute approximate surface area is 201 Å². The normalized spacial score (nSPS) is 29.8. The monoisotopic (exact) mass is 474 g/mol. The Morgan fingerprint density at radius 2 is 1.06 bits per heavy atom. The maximum Gasteiger partial charge on any atom is 0.115 e. The van der Waals surface area contributed by atoms with Gasteiger partial charge in [-0.05, 0) is 38.5 Å². The summed E-state index contributed by atoms with van der Waals surface area (Å²) in [4.78, 5) is 0. The topological polar surface area (TPSA) is 86.6 Å². The van der Waals surface area contributed by atoms with Crippen molar-refractivity contribution >= 4 is 0 Å². The van der Waals surface area contributed by atoms with Crippen LogP contribution >= 0.6 is 0 Å². The van der Waals surface area contributed by atoms with Crippen molar-refractivity contribution in [3.8, 4) is 0 Å². The SMILES string of the molecule is CCCCCCOCC1(COCC2(COCCCCCC)CCC(CO)O2)CCC(CO)O1. The smallest absolute Gasteiger partial charge is 0.115 e. The van der Waals surface area contributed by atoms with E-state index < -0.39 is 11.2 Å². The number of unbranched alkanes of at least 4 members (excludes halogenated alkanes) is 6. The lowest BCUT2D eigenvalue weighted by molar-refractivity contribution is -0.170. The fourth-order valence-electron chi connectivity index (χ4n) is 4.76. The molecule has 0 aromatic heterocycles. The van der Waals surface area contributed by atoms with Crippen LogP contribution in [0.5, 0.6) is 0 Å². The van der Waals surface area contributed by atoms with Crippen LogP contribution in [0.25, 0.3) is 0 Å². The predicted octanol–water partition coefficient (Wildman–Crippen LogP) is 4.02. The molecule has 7 heteroatoms. The van der Waals surface area contributed by atoms with Crippen LogP contribution in [0.15, 0.2) is 0 Å². The molecule has 7 nitrogen and oxygen atoms in total. The predicted molar refractivity (Wildman–Crippen MR) is 129 cm³/mol. The molecule has 2 aliphatic rings. The van der Waals surface area contributed by atoms with E-state index >= 15 is 0 Å². The molecule has 0 aliphatic carbocycles. The Morgan fingerprint density at radius 3 is 1.42 bits per heavy atom. The van der Waals surface area contributed by atoms with Gasteiger partial charge in [0.15, 0.2) is 0 Å². The van der Waals surface area contributed by atoms with Gasteiger partial charge in [0.25, 0.3) is 0 Å². The molecule has 4 unspecified atom stereocenters. The highest BCUT2D eigenvalue weighted by Crippen LogP contribution is 2.34. The Hall–Kier alpha value is -0.280. The zero-order chi connectivity index (χ0) is 23.8. The van der Waals surface area contributed by atoms with E-state index in [0.29, 0.717) is 26.4 Å². The molecule has 0 aromatic rings. The van der Waals surface area contributed by atoms with Crippen LogP contribution in [0.3, 0.4) is 0 Å². The van der Waals surface area contributed by atoms with Crippen LogP contribution in [0.4, 0.5) is 0 Å². The summed E-state index contributed by atoms with van der Waals surface area (Å²) in [5.41, 5.74) is -1.04. The Morgan fingerprint density at radius 1 is 0.636 bits per heavy atom. The van der Waals surface area contributed by atoms with E-state index in [1.54, 1.807) is 0 Å². The second-order valence-corrected chi connectivity index (χ2v) is 10.0. The van der Waals surface area contributed by atoms with Gasteiger partial charge in [0.05, 0.1) is 51.8 Å². The van der Waals surface area contributed by atoms with Crippen LogP contribution in [0, 0.1) is 0 Å². The lowest BCUT2D eigenvalue weighted by Crippen LogP contribution is -2.45. The Balaban J connectivity index is 1.82. The summed E-state index contributed by atoms with van der Waals surface area (Å²) in [5.74, 6) is 0. The van der Waals surface area contributed by atoms with Crippen LogP contribution in [-0.4, -0.2) is 86.5 Å². The third kappa shape index (κ3) is 10.5. The van der Waals surface area contributed by atoms with Crippen molar-refractivity contribution in [3.05, 3.63) is 0 Å². The zero-order valence-electron chi connectivity index (χ0n) is 21.2. The number of hydrogen-bond acceptors (Lipinski definition) is 7. The van der Waals surface area contributed by atoms with Crippen molar-refractivity contribution in [3.63, 3.8) is 0 Å². The molecule has 196 valence electrons. The third-order valence-corrected chi connectivity index (χ3v) is 6.83. The van der Waals surface area contributed by atoms with E-state index in [1.807, 2.05) is 0 Å². The summed E-state index contributed by atoms with van der Waals surface area (Å²) >= 11 is 0. The number of aliphatic hydroxyl groups excluding tert-OH is 2. The van der Waals surface area contributed by atoms with Gasteiger partial charge in [0.1, 0.15) is 11.2 Å². The first-order chi connectivity index (χ1) is 16.1. The molecule has 2 heterocycles. The number of hydrogen-bond donors (Lipinski definition) is 2. The van der Waals surface area contributed by atoms with Gasteiger partial charge in [0, 0.05) is 13.2 Å². The summed E-state index contributed by atoms with van der Waals surface area (Å²) in [5, 5.41) is 19.1. The van der Waals surface area contributed by atoms with Gasteiger partial charge in [-0.25, -0.2) is 0 Å². The fraction of sp³-hybridized carbons (Fsp3) is 1.00. The molecule has 0 bridgehead atoms. The first-order valence-electron chi connectivity index (χ1n) is 13.4. The van der Waals surface area contributed by atoms with E-state index in [9.17, 15) is 10.2 Å². The highest BCUT2D eigenvalue weighted by atomic mass is 16.6. The molecule has 2 N–H and O–H groups in total. The van der Waals surface area contributed by atoms with Crippen LogP contribution in [0.1, 0.15) is 90.9 Å². The van der Waals surface area contributed by atoms with Crippen molar-refractivity contribution in [1.82, 2.24) is 0 Å². The molecule has 4 atom stereocenters. The molecule has 0 amide bonds. The van der Waals surface area contributed by atoms with Gasteiger partial charge in [-0.2, -0.15) is 0 Å². The van der Waals surface area contributed by atoms with E-state index in [0.717, 1.165) is 51.7 Å². The van der Waals surface area contributed by atoms with Gasteiger partial charge < -0.3 is 33.9 Å². The molecule has 0 spiro atoms. The van der Waals surface area contributed by atoms with E-state index in [4.69, 9.17) is 23.7 Å². The molecule has 0 radical (unpaired) electrons. The van der Waals surface area contributed by atoms with Gasteiger partial charge in [-0.3, -0.25) is 0 Å². The molecule has 2 aliphatic heterocycles. The molecule has 2 fully saturated rings. The largest absolute Gasteiger partial charge is 0.394 e. The summed E-state index contributed by atoms with van der Waals surface area (Å²) in [7, 11) is 0. The van der Waals surface area contributed by atoms with Crippen molar-refractivity contribution in [1.29, 1.82) is 0 Å². The minimum atomic E-state index is -0.519. The highest BCUT2D eigenvalue weighted by molar-refractivity contribution is 4.92. The Kier molecular flexibility index (Phi) is 14.4. The zero-order valence-corrected chi connectivity index (χ0v) is 21.2. The lowest BCUT2D eigenvalue weighted by Gasteiger charge is -2.33. The van der Waals surface area contributed by atoms with Crippen LogP contribution in [0.2, 0.25) is 0 Å². The first kappa shape index (κ1) is 29.0. The number of ether oxygens (including phenoxy) is 5. The summed E-state index contributed by atoms with van der Waals surface area (Å²) in [6.07, 6.45) is 12.3. The van der Waals surface area contributed by atoms with Gasteiger partial charge in [0.2, 0.25) is 0 Å². The third-order valence-electron chi connectivity index (χ3n) is 6.83. The average molecular weight is 475 g/mol. The van der Waals surface area contributed by atoms with Crippen LogP contribution < -0.4 is 0 Å². The number of aliphatic hydroxyl groups is 2. The van der Waals surface area contributed by atoms with Crippen LogP contribution in [-0.2, 0) is 23.7 Å². The standard InChI is InChI=1S/C26H50O7/c1-3-5-7-9-15-29-19-25(13-11-23(17-27)32-25)21-31-22-26(14-12-24(18-28)33-26)20-30-16-10-8-6-4-2/h23-24,27-28H,3-22H2,1-2H3. The molecule has 2 rings (SSSR count). The molecule has 0 saturated carbocycles. The molecular weight excluding hydrogens is 424 g/mol. The van der Waals surface area contributed by atoms with Gasteiger partial charge >= 0.3 is 0 Å². The Bertz CT molecular complexity index is 449. The van der Waals surface area contributed by atoms with Gasteiger partial charge in [-0.1, -0.05) is 52.4 Å².